The number of aromatic nitrogens is 2. The number of piperidine rings is 1. The second-order valence-electron chi connectivity index (χ2n) is 7.41. The third-order valence-electron chi connectivity index (χ3n) is 5.59. The first-order chi connectivity index (χ1) is 12.1. The fourth-order valence-electron chi connectivity index (χ4n) is 4.17. The van der Waals surface area contributed by atoms with E-state index in [1.54, 1.807) is 17.7 Å². The predicted molar refractivity (Wildman–Crippen MR) is 100 cm³/mol. The first-order valence-electron chi connectivity index (χ1n) is 9.11. The molecule has 25 heavy (non-hydrogen) atoms. The van der Waals surface area contributed by atoms with Crippen molar-refractivity contribution in [3.05, 3.63) is 17.3 Å². The molecular formula is C18H26N4O2S. The van der Waals surface area contributed by atoms with E-state index in [9.17, 15) is 10.2 Å². The van der Waals surface area contributed by atoms with E-state index in [1.807, 2.05) is 0 Å². The zero-order valence-electron chi connectivity index (χ0n) is 14.6. The van der Waals surface area contributed by atoms with E-state index in [4.69, 9.17) is 0 Å². The van der Waals surface area contributed by atoms with Gasteiger partial charge in [-0.15, -0.1) is 11.3 Å². The Morgan fingerprint density at radius 3 is 2.72 bits per heavy atom. The van der Waals surface area contributed by atoms with Crippen LogP contribution >= 0.6 is 11.3 Å². The van der Waals surface area contributed by atoms with Gasteiger partial charge in [-0.1, -0.05) is 0 Å². The molecule has 0 aromatic carbocycles. The Labute approximate surface area is 152 Å². The number of thiophene rings is 1. The van der Waals surface area contributed by atoms with Crippen molar-refractivity contribution in [3.8, 4) is 0 Å². The summed E-state index contributed by atoms with van der Waals surface area (Å²) in [5.41, 5.74) is 0. The average Bonchev–Trinajstić information content (AvgIpc) is 3.18. The zero-order chi connectivity index (χ0) is 17.4. The molecule has 0 spiro atoms. The maximum atomic E-state index is 9.87. The Morgan fingerprint density at radius 2 is 1.96 bits per heavy atom. The standard InChI is InChI=1S/C18H26N4O2S/c1-12-6-16-17(19-11-20-18(16)25-12)22-8-13(14(9-22)10-23)7-21-4-2-15(24)3-5-21/h6,11,13-15,23-24H,2-5,7-10H2,1H3/t13-,14-/m1/s1. The molecule has 0 bridgehead atoms. The minimum absolute atomic E-state index is 0.138. The van der Waals surface area contributed by atoms with Gasteiger partial charge in [0, 0.05) is 50.1 Å². The number of hydrogen-bond acceptors (Lipinski definition) is 7. The fourth-order valence-corrected chi connectivity index (χ4v) is 5.02. The normalized spacial score (nSPS) is 26.0. The highest BCUT2D eigenvalue weighted by atomic mass is 32.1. The van der Waals surface area contributed by atoms with Crippen molar-refractivity contribution in [1.82, 2.24) is 14.9 Å². The van der Waals surface area contributed by atoms with Crippen LogP contribution in [0.1, 0.15) is 17.7 Å². The van der Waals surface area contributed by atoms with E-state index in [-0.39, 0.29) is 18.6 Å². The molecule has 2 aromatic heterocycles. The van der Waals surface area contributed by atoms with Crippen molar-refractivity contribution in [1.29, 1.82) is 0 Å². The third-order valence-corrected chi connectivity index (χ3v) is 6.55. The van der Waals surface area contributed by atoms with Crippen LogP contribution in [0.3, 0.4) is 0 Å². The Balaban J connectivity index is 1.50. The van der Waals surface area contributed by atoms with Gasteiger partial charge in [0.1, 0.15) is 17.0 Å². The van der Waals surface area contributed by atoms with E-state index in [0.717, 1.165) is 61.6 Å². The summed E-state index contributed by atoms with van der Waals surface area (Å²) >= 11 is 1.70. The molecule has 2 saturated heterocycles. The molecule has 4 heterocycles. The van der Waals surface area contributed by atoms with Crippen LogP contribution in [0, 0.1) is 18.8 Å². The van der Waals surface area contributed by atoms with Crippen molar-refractivity contribution in [2.75, 3.05) is 44.2 Å². The van der Waals surface area contributed by atoms with E-state index >= 15 is 0 Å². The Morgan fingerprint density at radius 1 is 1.20 bits per heavy atom. The molecule has 2 aliphatic heterocycles. The lowest BCUT2D eigenvalue weighted by atomic mass is 9.95. The largest absolute Gasteiger partial charge is 0.396 e. The van der Waals surface area contributed by atoms with Crippen LogP contribution in [0.15, 0.2) is 12.4 Å². The highest BCUT2D eigenvalue weighted by molar-refractivity contribution is 7.18. The van der Waals surface area contributed by atoms with E-state index in [1.165, 1.54) is 4.88 Å². The van der Waals surface area contributed by atoms with Gasteiger partial charge in [0.25, 0.3) is 0 Å². The van der Waals surface area contributed by atoms with Crippen LogP contribution in [0.2, 0.25) is 0 Å². The summed E-state index contributed by atoms with van der Waals surface area (Å²) in [6.45, 7) is 6.99. The molecule has 0 aliphatic carbocycles. The van der Waals surface area contributed by atoms with Gasteiger partial charge in [-0.25, -0.2) is 9.97 Å². The minimum Gasteiger partial charge on any atom is -0.396 e. The van der Waals surface area contributed by atoms with Gasteiger partial charge in [0.05, 0.1) is 11.5 Å². The summed E-state index contributed by atoms with van der Waals surface area (Å²) in [6.07, 6.45) is 3.24. The van der Waals surface area contributed by atoms with Crippen molar-refractivity contribution in [3.63, 3.8) is 0 Å². The highest BCUT2D eigenvalue weighted by Crippen LogP contribution is 2.34. The number of aliphatic hydroxyl groups excluding tert-OH is 2. The molecule has 7 heteroatoms. The molecule has 6 nitrogen and oxygen atoms in total. The predicted octanol–water partition coefficient (Wildman–Crippen LogP) is 1.50. The Bertz CT molecular complexity index is 729. The maximum Gasteiger partial charge on any atom is 0.140 e. The minimum atomic E-state index is -0.138. The maximum absolute atomic E-state index is 9.87. The molecule has 2 fully saturated rings. The monoisotopic (exact) mass is 362 g/mol. The first-order valence-corrected chi connectivity index (χ1v) is 9.93. The van der Waals surface area contributed by atoms with Gasteiger partial charge in [0.2, 0.25) is 0 Å². The molecule has 0 saturated carbocycles. The first kappa shape index (κ1) is 17.1. The molecule has 2 aromatic rings. The third kappa shape index (κ3) is 3.51. The molecular weight excluding hydrogens is 336 g/mol. The van der Waals surface area contributed by atoms with Gasteiger partial charge < -0.3 is 20.0 Å². The summed E-state index contributed by atoms with van der Waals surface area (Å²) in [5, 5.41) is 20.7. The second-order valence-corrected chi connectivity index (χ2v) is 8.65. The van der Waals surface area contributed by atoms with Crippen LogP contribution in [0.25, 0.3) is 10.2 Å². The number of fused-ring (bicyclic) bond motifs is 1. The van der Waals surface area contributed by atoms with Crippen molar-refractivity contribution >= 4 is 27.4 Å². The van der Waals surface area contributed by atoms with Gasteiger partial charge in [-0.2, -0.15) is 0 Å². The van der Waals surface area contributed by atoms with Gasteiger partial charge >= 0.3 is 0 Å². The quantitative estimate of drug-likeness (QED) is 0.859. The number of hydrogen-bond donors (Lipinski definition) is 2. The molecule has 0 amide bonds. The number of aliphatic hydroxyl groups is 2. The Kier molecular flexibility index (Phi) is 4.90. The molecule has 0 radical (unpaired) electrons. The van der Waals surface area contributed by atoms with Crippen molar-refractivity contribution in [2.45, 2.75) is 25.9 Å². The van der Waals surface area contributed by atoms with Crippen LogP contribution in [0.5, 0.6) is 0 Å². The molecule has 2 N–H and O–H groups in total. The number of nitrogens with zero attached hydrogens (tertiary/aromatic N) is 4. The topological polar surface area (TPSA) is 72.7 Å². The molecule has 0 unspecified atom stereocenters. The van der Waals surface area contributed by atoms with Gasteiger partial charge in [0.15, 0.2) is 0 Å². The zero-order valence-corrected chi connectivity index (χ0v) is 15.5. The van der Waals surface area contributed by atoms with Gasteiger partial charge in [-0.05, 0) is 31.7 Å². The van der Waals surface area contributed by atoms with Gasteiger partial charge in [-0.3, -0.25) is 0 Å². The SMILES string of the molecule is Cc1cc2c(N3C[C@@H](CN4CCC(O)CC4)[C@@H](CO)C3)ncnc2s1. The van der Waals surface area contributed by atoms with Crippen LogP contribution in [-0.4, -0.2) is 70.5 Å². The van der Waals surface area contributed by atoms with E-state index in [0.29, 0.717) is 5.92 Å². The lowest BCUT2D eigenvalue weighted by Gasteiger charge is -2.32. The summed E-state index contributed by atoms with van der Waals surface area (Å²) in [6, 6.07) is 2.17. The highest BCUT2D eigenvalue weighted by Gasteiger charge is 2.35. The lowest BCUT2D eigenvalue weighted by Crippen LogP contribution is -2.40. The fraction of sp³-hybridized carbons (Fsp3) is 0.667. The smallest absolute Gasteiger partial charge is 0.140 e. The van der Waals surface area contributed by atoms with Crippen molar-refractivity contribution < 1.29 is 10.2 Å². The number of rotatable bonds is 4. The summed E-state index contributed by atoms with van der Waals surface area (Å²) < 4.78 is 0. The molecule has 2 aliphatic rings. The number of anilines is 1. The van der Waals surface area contributed by atoms with Crippen LogP contribution in [-0.2, 0) is 0 Å². The number of likely N-dealkylation sites (tertiary alicyclic amines) is 1. The summed E-state index contributed by atoms with van der Waals surface area (Å²) in [5.74, 6) is 1.71. The van der Waals surface area contributed by atoms with E-state index in [2.05, 4.69) is 32.8 Å². The van der Waals surface area contributed by atoms with Crippen LogP contribution in [0.4, 0.5) is 5.82 Å². The average molecular weight is 362 g/mol. The lowest BCUT2D eigenvalue weighted by molar-refractivity contribution is 0.0687. The van der Waals surface area contributed by atoms with E-state index < -0.39 is 0 Å². The molecule has 136 valence electrons. The Hall–Kier alpha value is -1.28. The van der Waals surface area contributed by atoms with Crippen molar-refractivity contribution in [2.24, 2.45) is 11.8 Å². The number of aryl methyl sites for hydroxylation is 1. The molecule has 4 rings (SSSR count). The summed E-state index contributed by atoms with van der Waals surface area (Å²) in [7, 11) is 0. The second kappa shape index (κ2) is 7.15. The summed E-state index contributed by atoms with van der Waals surface area (Å²) in [4.78, 5) is 16.0. The van der Waals surface area contributed by atoms with Crippen LogP contribution < -0.4 is 4.90 Å². The molecule has 2 atom stereocenters.